The summed E-state index contributed by atoms with van der Waals surface area (Å²) in [7, 11) is 1.62. The number of nitrogens with one attached hydrogen (secondary N) is 1. The molecule has 1 saturated heterocycles. The number of ether oxygens (including phenoxy) is 2. The van der Waals surface area contributed by atoms with E-state index in [-0.39, 0.29) is 18.3 Å². The van der Waals surface area contributed by atoms with Crippen LogP contribution in [0.3, 0.4) is 0 Å². The summed E-state index contributed by atoms with van der Waals surface area (Å²) in [5.74, 6) is 2.92. The van der Waals surface area contributed by atoms with Gasteiger partial charge in [-0.25, -0.2) is 0 Å². The second kappa shape index (κ2) is 10.9. The molecule has 2 fully saturated rings. The normalized spacial score (nSPS) is 17.4. The average Bonchev–Trinajstić information content (AvgIpc) is 3.50. The predicted molar refractivity (Wildman–Crippen MR) is 115 cm³/mol. The van der Waals surface area contributed by atoms with E-state index in [1.54, 1.807) is 7.11 Å². The summed E-state index contributed by atoms with van der Waals surface area (Å²) in [6, 6.07) is 6.08. The highest BCUT2D eigenvalue weighted by Gasteiger charge is 2.26. The molecule has 1 aliphatic heterocycles. The molecule has 0 unspecified atom stereocenters. The summed E-state index contributed by atoms with van der Waals surface area (Å²) in [6.45, 7) is 7.78. The molecular formula is C22H35ClN2O3. The van der Waals surface area contributed by atoms with Crippen molar-refractivity contribution in [3.8, 4) is 11.5 Å². The van der Waals surface area contributed by atoms with Gasteiger partial charge in [-0.05, 0) is 68.7 Å². The van der Waals surface area contributed by atoms with Crippen molar-refractivity contribution in [1.82, 2.24) is 10.2 Å². The Morgan fingerprint density at radius 2 is 1.89 bits per heavy atom. The summed E-state index contributed by atoms with van der Waals surface area (Å²) >= 11 is 0. The Bertz CT molecular complexity index is 626. The number of nitrogens with zero attached hydrogens (tertiary/aromatic N) is 1. The molecule has 0 spiro atoms. The molecule has 0 radical (unpaired) electrons. The summed E-state index contributed by atoms with van der Waals surface area (Å²) in [5.41, 5.74) is 0.674. The van der Waals surface area contributed by atoms with Crippen molar-refractivity contribution in [2.45, 2.75) is 52.0 Å². The Hall–Kier alpha value is -1.46. The van der Waals surface area contributed by atoms with Crippen LogP contribution >= 0.6 is 12.4 Å². The lowest BCUT2D eigenvalue weighted by Gasteiger charge is -2.32. The van der Waals surface area contributed by atoms with E-state index >= 15 is 0 Å². The van der Waals surface area contributed by atoms with Gasteiger partial charge in [0, 0.05) is 24.7 Å². The van der Waals surface area contributed by atoms with E-state index < -0.39 is 0 Å². The summed E-state index contributed by atoms with van der Waals surface area (Å²) in [6.07, 6.45) is 5.82. The molecule has 0 atom stereocenters. The molecule has 5 nitrogen and oxygen atoms in total. The molecule has 1 amide bonds. The van der Waals surface area contributed by atoms with Crippen molar-refractivity contribution in [3.05, 3.63) is 23.8 Å². The smallest absolute Gasteiger partial charge is 0.253 e. The minimum atomic E-state index is 0. The van der Waals surface area contributed by atoms with Gasteiger partial charge in [0.15, 0.2) is 11.5 Å². The molecular weight excluding hydrogens is 376 g/mol. The number of hydrogen-bond acceptors (Lipinski definition) is 4. The maximum absolute atomic E-state index is 12.9. The van der Waals surface area contributed by atoms with Crippen molar-refractivity contribution >= 4 is 18.3 Å². The van der Waals surface area contributed by atoms with E-state index in [1.807, 2.05) is 23.1 Å². The zero-order chi connectivity index (χ0) is 19.2. The summed E-state index contributed by atoms with van der Waals surface area (Å²) in [4.78, 5) is 14.8. The second-order valence-corrected chi connectivity index (χ2v) is 8.31. The first kappa shape index (κ1) is 22.8. The largest absolute Gasteiger partial charge is 0.493 e. The summed E-state index contributed by atoms with van der Waals surface area (Å²) in [5, 5.41) is 3.66. The van der Waals surface area contributed by atoms with Crippen LogP contribution in [-0.2, 0) is 0 Å². The van der Waals surface area contributed by atoms with Gasteiger partial charge in [-0.1, -0.05) is 13.8 Å². The van der Waals surface area contributed by atoms with Gasteiger partial charge in [0.05, 0.1) is 13.7 Å². The first-order chi connectivity index (χ1) is 13.1. The third kappa shape index (κ3) is 6.56. The number of likely N-dealkylation sites (tertiary alicyclic amines) is 1. The van der Waals surface area contributed by atoms with Crippen LogP contribution in [0.1, 0.15) is 56.3 Å². The molecule has 1 aliphatic carbocycles. The van der Waals surface area contributed by atoms with Crippen LogP contribution in [0.15, 0.2) is 18.2 Å². The third-order valence-corrected chi connectivity index (χ3v) is 5.54. The number of amides is 1. The van der Waals surface area contributed by atoms with Crippen molar-refractivity contribution in [2.75, 3.05) is 33.4 Å². The number of hydrogen-bond donors (Lipinski definition) is 1. The topological polar surface area (TPSA) is 50.8 Å². The first-order valence-corrected chi connectivity index (χ1v) is 10.4. The van der Waals surface area contributed by atoms with Gasteiger partial charge in [0.1, 0.15) is 0 Å². The SMILES string of the molecule is COc1cc(C(=O)N2CCC(NCC3CC3)CC2)ccc1OCCC(C)C.Cl. The number of methoxy groups -OCH3 is 1. The van der Waals surface area contributed by atoms with Crippen LogP contribution in [0.5, 0.6) is 11.5 Å². The van der Waals surface area contributed by atoms with Crippen LogP contribution in [0, 0.1) is 11.8 Å². The molecule has 2 aliphatic rings. The van der Waals surface area contributed by atoms with Crippen LogP contribution < -0.4 is 14.8 Å². The second-order valence-electron chi connectivity index (χ2n) is 8.31. The quantitative estimate of drug-likeness (QED) is 0.664. The monoisotopic (exact) mass is 410 g/mol. The van der Waals surface area contributed by atoms with Crippen molar-refractivity contribution in [1.29, 1.82) is 0 Å². The number of carbonyl (C=O) groups is 1. The van der Waals surface area contributed by atoms with E-state index in [2.05, 4.69) is 19.2 Å². The molecule has 1 aromatic rings. The van der Waals surface area contributed by atoms with Gasteiger partial charge in [-0.3, -0.25) is 4.79 Å². The number of halogens is 1. The maximum atomic E-state index is 12.9. The summed E-state index contributed by atoms with van der Waals surface area (Å²) < 4.78 is 11.3. The highest BCUT2D eigenvalue weighted by Crippen LogP contribution is 2.30. The number of rotatable bonds is 9. The molecule has 0 bridgehead atoms. The molecule has 28 heavy (non-hydrogen) atoms. The fourth-order valence-corrected chi connectivity index (χ4v) is 3.45. The van der Waals surface area contributed by atoms with Crippen molar-refractivity contribution in [3.63, 3.8) is 0 Å². The van der Waals surface area contributed by atoms with E-state index in [0.29, 0.717) is 35.6 Å². The average molecular weight is 411 g/mol. The molecule has 1 heterocycles. The van der Waals surface area contributed by atoms with Gasteiger partial charge >= 0.3 is 0 Å². The molecule has 6 heteroatoms. The lowest BCUT2D eigenvalue weighted by Crippen LogP contribution is -2.45. The Balaban J connectivity index is 0.00000280. The maximum Gasteiger partial charge on any atom is 0.253 e. The predicted octanol–water partition coefficient (Wildman–Crippen LogP) is 4.15. The van der Waals surface area contributed by atoms with Gasteiger partial charge in [0.2, 0.25) is 0 Å². The van der Waals surface area contributed by atoms with Gasteiger partial charge in [-0.15, -0.1) is 12.4 Å². The van der Waals surface area contributed by atoms with Gasteiger partial charge < -0.3 is 19.7 Å². The fourth-order valence-electron chi connectivity index (χ4n) is 3.45. The van der Waals surface area contributed by atoms with Gasteiger partial charge in [0.25, 0.3) is 5.91 Å². The molecule has 3 rings (SSSR count). The Labute approximate surface area is 175 Å². The standard InChI is InChI=1S/C22H34N2O3.ClH/c1-16(2)10-13-27-20-7-6-18(14-21(20)26-3)22(25)24-11-8-19(9-12-24)23-15-17-4-5-17;/h6-7,14,16-17,19,23H,4-5,8-13,15H2,1-3H3;1H. The zero-order valence-corrected chi connectivity index (χ0v) is 18.2. The van der Waals surface area contributed by atoms with E-state index in [9.17, 15) is 4.79 Å². The minimum Gasteiger partial charge on any atom is -0.493 e. The molecule has 1 aromatic carbocycles. The highest BCUT2D eigenvalue weighted by atomic mass is 35.5. The molecule has 1 N–H and O–H groups in total. The third-order valence-electron chi connectivity index (χ3n) is 5.54. The molecule has 158 valence electrons. The zero-order valence-electron chi connectivity index (χ0n) is 17.4. The molecule has 0 aromatic heterocycles. The highest BCUT2D eigenvalue weighted by molar-refractivity contribution is 5.95. The van der Waals surface area contributed by atoms with Crippen molar-refractivity contribution in [2.24, 2.45) is 11.8 Å². The number of carbonyl (C=O) groups excluding carboxylic acids is 1. The Kier molecular flexibility index (Phi) is 8.90. The van der Waals surface area contributed by atoms with Crippen LogP contribution in [0.2, 0.25) is 0 Å². The van der Waals surface area contributed by atoms with Crippen LogP contribution in [0.4, 0.5) is 0 Å². The lowest BCUT2D eigenvalue weighted by molar-refractivity contribution is 0.0704. The van der Waals surface area contributed by atoms with E-state index in [4.69, 9.17) is 9.47 Å². The number of piperidine rings is 1. The fraction of sp³-hybridized carbons (Fsp3) is 0.682. The lowest BCUT2D eigenvalue weighted by atomic mass is 10.0. The van der Waals surface area contributed by atoms with E-state index in [1.165, 1.54) is 12.8 Å². The Morgan fingerprint density at radius 1 is 1.18 bits per heavy atom. The minimum absolute atomic E-state index is 0. The first-order valence-electron chi connectivity index (χ1n) is 10.4. The van der Waals surface area contributed by atoms with Crippen LogP contribution in [-0.4, -0.2) is 50.2 Å². The van der Waals surface area contributed by atoms with Gasteiger partial charge in [-0.2, -0.15) is 0 Å². The van der Waals surface area contributed by atoms with Crippen molar-refractivity contribution < 1.29 is 14.3 Å². The van der Waals surface area contributed by atoms with E-state index in [0.717, 1.165) is 44.8 Å². The number of benzene rings is 1. The molecule has 1 saturated carbocycles. The Morgan fingerprint density at radius 3 is 2.50 bits per heavy atom. The van der Waals surface area contributed by atoms with Crippen LogP contribution in [0.25, 0.3) is 0 Å².